The molecule has 21 heavy (non-hydrogen) atoms. The second kappa shape index (κ2) is 6.30. The standard InChI is InChI=1S/C13H9BrF3NO3/c1-2-20-13(19)10-9(11(16)17)18-12(21-10)8-6(14)4-3-5-7(8)15/h3-5,11H,2H2,1H3. The molecule has 0 fully saturated rings. The molecule has 0 atom stereocenters. The number of alkyl halides is 2. The fraction of sp³-hybridized carbons (Fsp3) is 0.231. The zero-order chi connectivity index (χ0) is 15.6. The van der Waals surface area contributed by atoms with Gasteiger partial charge in [0, 0.05) is 4.47 Å². The average molecular weight is 364 g/mol. The summed E-state index contributed by atoms with van der Waals surface area (Å²) in [6.07, 6.45) is -3.05. The number of carbonyl (C=O) groups excluding carboxylic acids is 1. The van der Waals surface area contributed by atoms with Crippen LogP contribution in [-0.2, 0) is 4.74 Å². The van der Waals surface area contributed by atoms with E-state index in [1.165, 1.54) is 19.1 Å². The van der Waals surface area contributed by atoms with Crippen LogP contribution >= 0.6 is 15.9 Å². The number of hydrogen-bond donors (Lipinski definition) is 0. The molecule has 1 aromatic carbocycles. The predicted molar refractivity (Wildman–Crippen MR) is 70.5 cm³/mol. The van der Waals surface area contributed by atoms with Crippen molar-refractivity contribution < 1.29 is 27.1 Å². The third-order valence-corrected chi connectivity index (χ3v) is 3.16. The summed E-state index contributed by atoms with van der Waals surface area (Å²) in [5.41, 5.74) is -1.02. The van der Waals surface area contributed by atoms with Crippen molar-refractivity contribution in [2.45, 2.75) is 13.3 Å². The lowest BCUT2D eigenvalue weighted by Crippen LogP contribution is -2.06. The van der Waals surface area contributed by atoms with Crippen molar-refractivity contribution in [2.75, 3.05) is 6.61 Å². The van der Waals surface area contributed by atoms with E-state index in [1.54, 1.807) is 0 Å². The van der Waals surface area contributed by atoms with Crippen molar-refractivity contribution in [2.24, 2.45) is 0 Å². The molecule has 1 aromatic heterocycles. The smallest absolute Gasteiger partial charge is 0.376 e. The van der Waals surface area contributed by atoms with Gasteiger partial charge in [-0.2, -0.15) is 0 Å². The summed E-state index contributed by atoms with van der Waals surface area (Å²) < 4.78 is 49.5. The molecule has 0 aliphatic rings. The summed E-state index contributed by atoms with van der Waals surface area (Å²) in [5, 5.41) is 0. The zero-order valence-electron chi connectivity index (χ0n) is 10.7. The fourth-order valence-electron chi connectivity index (χ4n) is 1.63. The van der Waals surface area contributed by atoms with Gasteiger partial charge in [0.1, 0.15) is 5.82 Å². The van der Waals surface area contributed by atoms with Crippen LogP contribution in [0.3, 0.4) is 0 Å². The average Bonchev–Trinajstić information content (AvgIpc) is 2.84. The van der Waals surface area contributed by atoms with Crippen molar-refractivity contribution in [3.05, 3.63) is 39.9 Å². The molecule has 4 nitrogen and oxygen atoms in total. The van der Waals surface area contributed by atoms with Gasteiger partial charge in [-0.15, -0.1) is 0 Å². The molecule has 0 radical (unpaired) electrons. The molecule has 2 aromatic rings. The van der Waals surface area contributed by atoms with Crippen LogP contribution in [-0.4, -0.2) is 17.6 Å². The fourth-order valence-corrected chi connectivity index (χ4v) is 2.14. The number of benzene rings is 1. The number of ether oxygens (including phenoxy) is 1. The molecule has 0 spiro atoms. The van der Waals surface area contributed by atoms with Crippen LogP contribution < -0.4 is 0 Å². The second-order valence-corrected chi connectivity index (χ2v) is 4.71. The number of oxazole rings is 1. The van der Waals surface area contributed by atoms with Crippen molar-refractivity contribution in [3.63, 3.8) is 0 Å². The summed E-state index contributed by atoms with van der Waals surface area (Å²) >= 11 is 3.08. The van der Waals surface area contributed by atoms with Crippen molar-refractivity contribution in [3.8, 4) is 11.5 Å². The Morgan fingerprint density at radius 3 is 2.76 bits per heavy atom. The lowest BCUT2D eigenvalue weighted by molar-refractivity contribution is 0.0476. The van der Waals surface area contributed by atoms with Gasteiger partial charge in [-0.05, 0) is 35.0 Å². The van der Waals surface area contributed by atoms with Gasteiger partial charge in [0.2, 0.25) is 11.7 Å². The molecule has 112 valence electrons. The highest BCUT2D eigenvalue weighted by atomic mass is 79.9. The van der Waals surface area contributed by atoms with Gasteiger partial charge in [0.25, 0.3) is 6.43 Å². The molecule has 0 aliphatic heterocycles. The molecule has 0 amide bonds. The van der Waals surface area contributed by atoms with Gasteiger partial charge < -0.3 is 9.15 Å². The van der Waals surface area contributed by atoms with Gasteiger partial charge in [0.15, 0.2) is 5.69 Å². The first-order valence-electron chi connectivity index (χ1n) is 5.86. The maximum absolute atomic E-state index is 13.8. The summed E-state index contributed by atoms with van der Waals surface area (Å²) in [6, 6.07) is 4.04. The Hall–Kier alpha value is -1.83. The normalized spacial score (nSPS) is 11.0. The van der Waals surface area contributed by atoms with Gasteiger partial charge in [-0.1, -0.05) is 6.07 Å². The molecular formula is C13H9BrF3NO3. The van der Waals surface area contributed by atoms with Crippen LogP contribution in [0.4, 0.5) is 13.2 Å². The topological polar surface area (TPSA) is 52.3 Å². The number of aromatic nitrogens is 1. The molecule has 0 bridgehead atoms. The molecule has 0 aliphatic carbocycles. The van der Waals surface area contributed by atoms with Crippen molar-refractivity contribution in [1.82, 2.24) is 4.98 Å². The number of rotatable bonds is 4. The summed E-state index contributed by atoms with van der Waals surface area (Å²) in [7, 11) is 0. The van der Waals surface area contributed by atoms with E-state index in [1.807, 2.05) is 0 Å². The molecule has 0 saturated heterocycles. The van der Waals surface area contributed by atoms with E-state index in [9.17, 15) is 18.0 Å². The largest absolute Gasteiger partial charge is 0.460 e. The van der Waals surface area contributed by atoms with Gasteiger partial charge in [-0.25, -0.2) is 22.9 Å². The lowest BCUT2D eigenvalue weighted by Gasteiger charge is -2.01. The minimum Gasteiger partial charge on any atom is -0.460 e. The Morgan fingerprint density at radius 1 is 1.48 bits per heavy atom. The number of carbonyl (C=O) groups is 1. The summed E-state index contributed by atoms with van der Waals surface area (Å²) in [4.78, 5) is 15.1. The molecule has 0 N–H and O–H groups in total. The second-order valence-electron chi connectivity index (χ2n) is 3.85. The molecular weight excluding hydrogens is 355 g/mol. The van der Waals surface area contributed by atoms with Crippen LogP contribution in [0.2, 0.25) is 0 Å². The molecule has 0 saturated carbocycles. The Bertz CT molecular complexity index is 652. The quantitative estimate of drug-likeness (QED) is 0.757. The summed E-state index contributed by atoms with van der Waals surface area (Å²) in [5.74, 6) is -2.93. The first-order chi connectivity index (χ1) is 9.95. The van der Waals surface area contributed by atoms with E-state index >= 15 is 0 Å². The van der Waals surface area contributed by atoms with Gasteiger partial charge in [0.05, 0.1) is 12.2 Å². The highest BCUT2D eigenvalue weighted by molar-refractivity contribution is 9.10. The predicted octanol–water partition coefficient (Wildman–Crippen LogP) is 4.36. The molecule has 0 unspecified atom stereocenters. The van der Waals surface area contributed by atoms with E-state index in [2.05, 4.69) is 25.7 Å². The Balaban J connectivity index is 2.57. The number of esters is 1. The first-order valence-corrected chi connectivity index (χ1v) is 6.65. The van der Waals surface area contributed by atoms with Crippen LogP contribution in [0.15, 0.2) is 27.1 Å². The first kappa shape index (κ1) is 15.6. The minimum absolute atomic E-state index is 0.0130. The minimum atomic E-state index is -3.05. The Kier molecular flexibility index (Phi) is 4.66. The van der Waals surface area contributed by atoms with Crippen LogP contribution in [0.1, 0.15) is 29.6 Å². The number of hydrogen-bond acceptors (Lipinski definition) is 4. The molecule has 8 heteroatoms. The number of halogens is 4. The molecule has 2 rings (SSSR count). The van der Waals surface area contributed by atoms with Gasteiger partial charge >= 0.3 is 5.97 Å². The Morgan fingerprint density at radius 2 is 2.19 bits per heavy atom. The number of nitrogens with zero attached hydrogens (tertiary/aromatic N) is 1. The van der Waals surface area contributed by atoms with Crippen LogP contribution in [0.5, 0.6) is 0 Å². The molecule has 1 heterocycles. The third-order valence-electron chi connectivity index (χ3n) is 2.50. The lowest BCUT2D eigenvalue weighted by atomic mass is 10.2. The van der Waals surface area contributed by atoms with E-state index < -0.39 is 35.6 Å². The SMILES string of the molecule is CCOC(=O)c1oc(-c2c(F)cccc2Br)nc1C(F)F. The maximum Gasteiger partial charge on any atom is 0.376 e. The van der Waals surface area contributed by atoms with E-state index in [0.717, 1.165) is 6.07 Å². The zero-order valence-corrected chi connectivity index (χ0v) is 12.3. The maximum atomic E-state index is 13.8. The van der Waals surface area contributed by atoms with Crippen molar-refractivity contribution >= 4 is 21.9 Å². The van der Waals surface area contributed by atoms with Crippen LogP contribution in [0.25, 0.3) is 11.5 Å². The summed E-state index contributed by atoms with van der Waals surface area (Å²) in [6.45, 7) is 1.51. The highest BCUT2D eigenvalue weighted by Crippen LogP contribution is 2.34. The Labute approximate surface area is 126 Å². The third kappa shape index (κ3) is 3.10. The van der Waals surface area contributed by atoms with Gasteiger partial charge in [-0.3, -0.25) is 0 Å². The van der Waals surface area contributed by atoms with Crippen LogP contribution in [0, 0.1) is 5.82 Å². The monoisotopic (exact) mass is 363 g/mol. The van der Waals surface area contributed by atoms with E-state index in [-0.39, 0.29) is 16.6 Å². The van der Waals surface area contributed by atoms with E-state index in [0.29, 0.717) is 0 Å². The highest BCUT2D eigenvalue weighted by Gasteiger charge is 2.29. The van der Waals surface area contributed by atoms with E-state index in [4.69, 9.17) is 4.42 Å². The van der Waals surface area contributed by atoms with Crippen molar-refractivity contribution in [1.29, 1.82) is 0 Å².